The van der Waals surface area contributed by atoms with Crippen molar-refractivity contribution in [1.29, 1.82) is 0 Å². The summed E-state index contributed by atoms with van der Waals surface area (Å²) < 4.78 is 55.5. The minimum Gasteiger partial charge on any atom is -0.339 e. The minimum atomic E-state index is -3.76. The molecule has 0 unspecified atom stereocenters. The van der Waals surface area contributed by atoms with E-state index in [1.54, 1.807) is 6.07 Å². The lowest BCUT2D eigenvalue weighted by Crippen LogP contribution is -2.12. The van der Waals surface area contributed by atoms with E-state index < -0.39 is 27.2 Å². The second kappa shape index (κ2) is 8.26. The van der Waals surface area contributed by atoms with Crippen molar-refractivity contribution in [2.75, 3.05) is 5.32 Å². The quantitative estimate of drug-likeness (QED) is 0.604. The van der Waals surface area contributed by atoms with E-state index in [0.717, 1.165) is 24.3 Å². The molecular formula is C18H15F2N3O4S. The van der Waals surface area contributed by atoms with E-state index in [1.807, 2.05) is 0 Å². The van der Waals surface area contributed by atoms with Crippen molar-refractivity contribution in [3.63, 3.8) is 0 Å². The van der Waals surface area contributed by atoms with Crippen molar-refractivity contribution in [3.05, 3.63) is 71.9 Å². The molecule has 28 heavy (non-hydrogen) atoms. The lowest BCUT2D eigenvalue weighted by atomic mass is 10.2. The van der Waals surface area contributed by atoms with Crippen molar-refractivity contribution >= 4 is 21.4 Å². The van der Waals surface area contributed by atoms with Gasteiger partial charge in [-0.25, -0.2) is 17.2 Å². The highest BCUT2D eigenvalue weighted by Crippen LogP contribution is 2.16. The van der Waals surface area contributed by atoms with Crippen molar-refractivity contribution < 1.29 is 26.5 Å². The molecule has 1 amide bonds. The van der Waals surface area contributed by atoms with Crippen LogP contribution in [0.4, 0.5) is 14.5 Å². The van der Waals surface area contributed by atoms with Crippen LogP contribution in [-0.4, -0.2) is 24.5 Å². The molecule has 1 aromatic heterocycles. The van der Waals surface area contributed by atoms with Crippen LogP contribution >= 0.6 is 0 Å². The number of aryl methyl sites for hydroxylation is 1. The van der Waals surface area contributed by atoms with Crippen LogP contribution in [0, 0.1) is 11.6 Å². The molecule has 0 saturated heterocycles. The van der Waals surface area contributed by atoms with Crippen LogP contribution in [0.1, 0.15) is 18.1 Å². The molecule has 10 heteroatoms. The van der Waals surface area contributed by atoms with Crippen LogP contribution in [0.3, 0.4) is 0 Å². The number of halogens is 2. The summed E-state index contributed by atoms with van der Waals surface area (Å²) in [4.78, 5) is 15.8. The molecule has 0 fully saturated rings. The van der Waals surface area contributed by atoms with Crippen LogP contribution in [-0.2, 0) is 26.8 Å². The van der Waals surface area contributed by atoms with Gasteiger partial charge in [0.25, 0.3) is 0 Å². The van der Waals surface area contributed by atoms with Crippen LogP contribution in [0.2, 0.25) is 0 Å². The third kappa shape index (κ3) is 5.19. The largest absolute Gasteiger partial charge is 0.339 e. The summed E-state index contributed by atoms with van der Waals surface area (Å²) in [5.41, 5.74) is 0.321. The van der Waals surface area contributed by atoms with Crippen LogP contribution in [0.15, 0.2) is 57.9 Å². The second-order valence-corrected chi connectivity index (χ2v) is 7.87. The van der Waals surface area contributed by atoms with Gasteiger partial charge in [0.05, 0.1) is 4.90 Å². The van der Waals surface area contributed by atoms with Gasteiger partial charge in [-0.3, -0.25) is 4.79 Å². The summed E-state index contributed by atoms with van der Waals surface area (Å²) in [6.45, 7) is 0. The normalized spacial score (nSPS) is 11.4. The minimum absolute atomic E-state index is 0.0111. The monoisotopic (exact) mass is 407 g/mol. The standard InChI is InChI=1S/C18H15F2N3O4S/c19-12-4-6-15(7-5-12)28(25,26)11-16-22-18(27-23-16)9-8-17(24)21-14-3-1-2-13(20)10-14/h1-7,10H,8-9,11H2,(H,21,24). The van der Waals surface area contributed by atoms with Gasteiger partial charge in [-0.05, 0) is 42.5 Å². The Morgan fingerprint density at radius 2 is 1.82 bits per heavy atom. The lowest BCUT2D eigenvalue weighted by molar-refractivity contribution is -0.116. The summed E-state index contributed by atoms with van der Waals surface area (Å²) in [6.07, 6.45) is 0.0770. The molecule has 3 aromatic rings. The number of hydrogen-bond acceptors (Lipinski definition) is 6. The summed E-state index contributed by atoms with van der Waals surface area (Å²) in [6, 6.07) is 9.86. The smallest absolute Gasteiger partial charge is 0.227 e. The highest BCUT2D eigenvalue weighted by Gasteiger charge is 2.19. The maximum Gasteiger partial charge on any atom is 0.227 e. The zero-order chi connectivity index (χ0) is 20.1. The first-order valence-corrected chi connectivity index (χ1v) is 9.82. The Hall–Kier alpha value is -3.14. The van der Waals surface area contributed by atoms with Crippen LogP contribution < -0.4 is 5.32 Å². The van der Waals surface area contributed by atoms with E-state index in [1.165, 1.54) is 18.2 Å². The Morgan fingerprint density at radius 1 is 1.07 bits per heavy atom. The van der Waals surface area contributed by atoms with E-state index in [4.69, 9.17) is 4.52 Å². The van der Waals surface area contributed by atoms with E-state index in [-0.39, 0.29) is 35.4 Å². The molecule has 146 valence electrons. The first kappa shape index (κ1) is 19.6. The summed E-state index contributed by atoms with van der Waals surface area (Å²) in [5.74, 6) is -1.88. The highest BCUT2D eigenvalue weighted by atomic mass is 32.2. The molecule has 2 aromatic carbocycles. The zero-order valence-electron chi connectivity index (χ0n) is 14.4. The van der Waals surface area contributed by atoms with Crippen molar-refractivity contribution in [2.45, 2.75) is 23.5 Å². The molecule has 0 bridgehead atoms. The van der Waals surface area contributed by atoms with E-state index >= 15 is 0 Å². The molecule has 1 N–H and O–H groups in total. The van der Waals surface area contributed by atoms with Gasteiger partial charge in [-0.2, -0.15) is 4.98 Å². The maximum absolute atomic E-state index is 13.1. The maximum atomic E-state index is 13.1. The number of benzene rings is 2. The highest BCUT2D eigenvalue weighted by molar-refractivity contribution is 7.90. The fourth-order valence-corrected chi connectivity index (χ4v) is 3.53. The second-order valence-electron chi connectivity index (χ2n) is 5.88. The number of hydrogen-bond donors (Lipinski definition) is 1. The Labute approximate surface area is 159 Å². The van der Waals surface area contributed by atoms with Gasteiger partial charge in [0.1, 0.15) is 17.4 Å². The number of carbonyl (C=O) groups excluding carboxylic acids is 1. The van der Waals surface area contributed by atoms with E-state index in [9.17, 15) is 22.0 Å². The summed E-state index contributed by atoms with van der Waals surface area (Å²) in [7, 11) is -3.76. The molecule has 7 nitrogen and oxygen atoms in total. The van der Waals surface area contributed by atoms with Crippen molar-refractivity contribution in [2.24, 2.45) is 0 Å². The Bertz CT molecular complexity index is 1080. The topological polar surface area (TPSA) is 102 Å². The van der Waals surface area contributed by atoms with E-state index in [2.05, 4.69) is 15.5 Å². The third-order valence-corrected chi connectivity index (χ3v) is 5.30. The number of rotatable bonds is 7. The van der Waals surface area contributed by atoms with Gasteiger partial charge in [0.15, 0.2) is 15.7 Å². The number of sulfone groups is 1. The van der Waals surface area contributed by atoms with Crippen LogP contribution in [0.25, 0.3) is 0 Å². The number of anilines is 1. The van der Waals surface area contributed by atoms with Gasteiger partial charge >= 0.3 is 0 Å². The summed E-state index contributed by atoms with van der Waals surface area (Å²) in [5, 5.41) is 6.13. The number of aromatic nitrogens is 2. The molecule has 0 saturated carbocycles. The average Bonchev–Trinajstić information content (AvgIpc) is 3.07. The molecule has 0 aliphatic carbocycles. The molecule has 0 radical (unpaired) electrons. The fraction of sp³-hybridized carbons (Fsp3) is 0.167. The fourth-order valence-electron chi connectivity index (χ4n) is 2.36. The van der Waals surface area contributed by atoms with Crippen molar-refractivity contribution in [1.82, 2.24) is 10.1 Å². The van der Waals surface area contributed by atoms with Gasteiger partial charge < -0.3 is 9.84 Å². The first-order valence-electron chi connectivity index (χ1n) is 8.17. The van der Waals surface area contributed by atoms with Gasteiger partial charge in [0.2, 0.25) is 11.8 Å². The SMILES string of the molecule is O=C(CCc1nc(CS(=O)(=O)c2ccc(F)cc2)no1)Nc1cccc(F)c1. The van der Waals surface area contributed by atoms with Crippen molar-refractivity contribution in [3.8, 4) is 0 Å². The van der Waals surface area contributed by atoms with E-state index in [0.29, 0.717) is 5.69 Å². The number of carbonyl (C=O) groups is 1. The van der Waals surface area contributed by atoms with Crippen LogP contribution in [0.5, 0.6) is 0 Å². The Balaban J connectivity index is 1.56. The first-order chi connectivity index (χ1) is 13.3. The Morgan fingerprint density at radius 3 is 2.54 bits per heavy atom. The number of nitrogens with one attached hydrogen (secondary N) is 1. The molecule has 0 spiro atoms. The summed E-state index contributed by atoms with van der Waals surface area (Å²) >= 11 is 0. The van der Waals surface area contributed by atoms with Gasteiger partial charge in [-0.1, -0.05) is 11.2 Å². The predicted molar refractivity (Wildman–Crippen MR) is 94.9 cm³/mol. The molecule has 0 atom stereocenters. The predicted octanol–water partition coefficient (Wildman–Crippen LogP) is 2.89. The van der Waals surface area contributed by atoms with Gasteiger partial charge in [-0.15, -0.1) is 0 Å². The Kier molecular flexibility index (Phi) is 5.78. The molecule has 0 aliphatic rings. The molecule has 0 aliphatic heterocycles. The number of amides is 1. The third-order valence-electron chi connectivity index (χ3n) is 3.68. The molecular weight excluding hydrogens is 392 g/mol. The molecule has 1 heterocycles. The zero-order valence-corrected chi connectivity index (χ0v) is 15.2. The van der Waals surface area contributed by atoms with Gasteiger partial charge in [0, 0.05) is 18.5 Å². The lowest BCUT2D eigenvalue weighted by Gasteiger charge is -2.03. The number of nitrogens with zero attached hydrogens (tertiary/aromatic N) is 2. The molecule has 3 rings (SSSR count). The average molecular weight is 407 g/mol.